The Morgan fingerprint density at radius 3 is 2.43 bits per heavy atom. The van der Waals surface area contributed by atoms with Crippen molar-refractivity contribution in [2.75, 3.05) is 0 Å². The van der Waals surface area contributed by atoms with E-state index in [0.717, 1.165) is 0 Å². The minimum Gasteiger partial charge on any atom is -0.488 e. The summed E-state index contributed by atoms with van der Waals surface area (Å²) in [6.45, 7) is 5.58. The van der Waals surface area contributed by atoms with E-state index in [1.54, 1.807) is 0 Å². The van der Waals surface area contributed by atoms with Gasteiger partial charge in [-0.25, -0.2) is 4.39 Å². The first-order valence-electron chi connectivity index (χ1n) is 4.35. The van der Waals surface area contributed by atoms with Crippen molar-refractivity contribution < 1.29 is 13.9 Å². The molecule has 0 fully saturated rings. The summed E-state index contributed by atoms with van der Waals surface area (Å²) in [7, 11) is 0. The molecule has 0 aliphatic heterocycles. The topological polar surface area (TPSA) is 26.3 Å². The number of carbonyl (C=O) groups excluding carboxylic acids is 1. The maximum absolute atomic E-state index is 13.0. The lowest BCUT2D eigenvalue weighted by Crippen LogP contribution is -2.23. The molecule has 0 atom stereocenters. The fraction of sp³-hybridized carbons (Fsp3) is 0.364. The van der Waals surface area contributed by atoms with E-state index in [4.69, 9.17) is 4.74 Å². The average Bonchev–Trinajstić information content (AvgIpc) is 1.99. The van der Waals surface area contributed by atoms with Gasteiger partial charge in [0.25, 0.3) is 0 Å². The number of benzene rings is 1. The Bertz CT molecular complexity index is 340. The van der Waals surface area contributed by atoms with Crippen LogP contribution >= 0.6 is 0 Å². The Morgan fingerprint density at radius 2 is 1.93 bits per heavy atom. The molecule has 14 heavy (non-hydrogen) atoms. The minimum atomic E-state index is -0.464. The molecule has 0 spiro atoms. The van der Waals surface area contributed by atoms with E-state index < -0.39 is 11.4 Å². The summed E-state index contributed by atoms with van der Waals surface area (Å²) in [6, 6.07) is 3.95. The molecule has 1 rings (SSSR count). The third-order valence-electron chi connectivity index (χ3n) is 1.45. The number of hydrogen-bond acceptors (Lipinski definition) is 2. The van der Waals surface area contributed by atoms with E-state index in [-0.39, 0.29) is 5.56 Å². The van der Waals surface area contributed by atoms with Crippen LogP contribution in [-0.2, 0) is 0 Å². The Balaban J connectivity index is 2.98. The fourth-order valence-electron chi connectivity index (χ4n) is 1.06. The third kappa shape index (κ3) is 3.17. The SMILES string of the molecule is CC(C)(C)Oc1cc(F)cc(C=O)c1. The molecular weight excluding hydrogens is 183 g/mol. The first-order valence-corrected chi connectivity index (χ1v) is 4.35. The van der Waals surface area contributed by atoms with Gasteiger partial charge in [-0.1, -0.05) is 0 Å². The zero-order chi connectivity index (χ0) is 10.8. The summed E-state index contributed by atoms with van der Waals surface area (Å²) in [5.74, 6) is -0.0894. The van der Waals surface area contributed by atoms with Crippen molar-refractivity contribution in [1.29, 1.82) is 0 Å². The van der Waals surface area contributed by atoms with E-state index in [9.17, 15) is 9.18 Å². The summed E-state index contributed by atoms with van der Waals surface area (Å²) in [5, 5.41) is 0. The zero-order valence-corrected chi connectivity index (χ0v) is 8.50. The highest BCUT2D eigenvalue weighted by molar-refractivity contribution is 5.75. The van der Waals surface area contributed by atoms with Crippen molar-refractivity contribution in [2.45, 2.75) is 26.4 Å². The van der Waals surface area contributed by atoms with E-state index in [1.807, 2.05) is 20.8 Å². The smallest absolute Gasteiger partial charge is 0.150 e. The summed E-state index contributed by atoms with van der Waals surface area (Å²) >= 11 is 0. The molecule has 0 N–H and O–H groups in total. The predicted octanol–water partition coefficient (Wildman–Crippen LogP) is 2.82. The molecule has 0 saturated carbocycles. The Morgan fingerprint density at radius 1 is 1.29 bits per heavy atom. The van der Waals surface area contributed by atoms with Gasteiger partial charge in [0.1, 0.15) is 23.5 Å². The summed E-state index contributed by atoms with van der Waals surface area (Å²) in [6.07, 6.45) is 0.596. The Labute approximate surface area is 82.7 Å². The van der Waals surface area contributed by atoms with Crippen LogP contribution in [0.4, 0.5) is 4.39 Å². The van der Waals surface area contributed by atoms with Crippen LogP contribution in [0.2, 0.25) is 0 Å². The van der Waals surface area contributed by atoms with E-state index >= 15 is 0 Å². The van der Waals surface area contributed by atoms with Crippen molar-refractivity contribution in [1.82, 2.24) is 0 Å². The highest BCUT2D eigenvalue weighted by Crippen LogP contribution is 2.20. The van der Waals surface area contributed by atoms with Gasteiger partial charge in [0.15, 0.2) is 0 Å². The molecular formula is C11H13FO2. The molecule has 0 saturated heterocycles. The van der Waals surface area contributed by atoms with Crippen LogP contribution < -0.4 is 4.74 Å². The lowest BCUT2D eigenvalue weighted by Gasteiger charge is -2.21. The van der Waals surface area contributed by atoms with Crippen molar-refractivity contribution in [3.63, 3.8) is 0 Å². The first-order chi connectivity index (χ1) is 6.40. The fourth-order valence-corrected chi connectivity index (χ4v) is 1.06. The molecule has 0 bridgehead atoms. The standard InChI is InChI=1S/C11H13FO2/c1-11(2,3)14-10-5-8(7-13)4-9(12)6-10/h4-7H,1-3H3. The molecule has 1 aromatic carbocycles. The second-order valence-corrected chi connectivity index (χ2v) is 4.05. The third-order valence-corrected chi connectivity index (χ3v) is 1.45. The van der Waals surface area contributed by atoms with Crippen molar-refractivity contribution in [3.05, 3.63) is 29.6 Å². The normalized spacial score (nSPS) is 11.1. The van der Waals surface area contributed by atoms with E-state index in [0.29, 0.717) is 12.0 Å². The molecule has 0 aromatic heterocycles. The average molecular weight is 196 g/mol. The van der Waals surface area contributed by atoms with Crippen LogP contribution in [0.3, 0.4) is 0 Å². The molecule has 0 heterocycles. The molecule has 3 heteroatoms. The van der Waals surface area contributed by atoms with Gasteiger partial charge in [-0.3, -0.25) is 4.79 Å². The molecule has 0 unspecified atom stereocenters. The predicted molar refractivity (Wildman–Crippen MR) is 52.2 cm³/mol. The van der Waals surface area contributed by atoms with Crippen LogP contribution in [0.5, 0.6) is 5.75 Å². The van der Waals surface area contributed by atoms with E-state index in [1.165, 1.54) is 18.2 Å². The first kappa shape index (κ1) is 10.7. The number of hydrogen-bond donors (Lipinski definition) is 0. The van der Waals surface area contributed by atoms with Gasteiger partial charge in [0.2, 0.25) is 0 Å². The largest absolute Gasteiger partial charge is 0.488 e. The van der Waals surface area contributed by atoms with Crippen molar-refractivity contribution >= 4 is 6.29 Å². The number of rotatable bonds is 2. The minimum absolute atomic E-state index is 0.282. The zero-order valence-electron chi connectivity index (χ0n) is 8.50. The highest BCUT2D eigenvalue weighted by Gasteiger charge is 2.12. The van der Waals surface area contributed by atoms with Gasteiger partial charge in [-0.05, 0) is 32.9 Å². The van der Waals surface area contributed by atoms with Crippen LogP contribution in [-0.4, -0.2) is 11.9 Å². The molecule has 0 radical (unpaired) electrons. The lowest BCUT2D eigenvalue weighted by atomic mass is 10.1. The van der Waals surface area contributed by atoms with Crippen LogP contribution in [0.1, 0.15) is 31.1 Å². The van der Waals surface area contributed by atoms with E-state index in [2.05, 4.69) is 0 Å². The molecule has 76 valence electrons. The highest BCUT2D eigenvalue weighted by atomic mass is 19.1. The van der Waals surface area contributed by atoms with Gasteiger partial charge in [0.05, 0.1) is 0 Å². The summed E-state index contributed by atoms with van der Waals surface area (Å²) in [5.41, 5.74) is -0.113. The Kier molecular flexibility index (Phi) is 2.89. The van der Waals surface area contributed by atoms with Crippen molar-refractivity contribution in [3.8, 4) is 5.75 Å². The van der Waals surface area contributed by atoms with Gasteiger partial charge < -0.3 is 4.74 Å². The number of carbonyl (C=O) groups is 1. The molecule has 0 aliphatic rings. The Hall–Kier alpha value is -1.38. The maximum Gasteiger partial charge on any atom is 0.150 e. The van der Waals surface area contributed by atoms with Crippen molar-refractivity contribution in [2.24, 2.45) is 0 Å². The number of aldehydes is 1. The molecule has 2 nitrogen and oxygen atoms in total. The number of halogens is 1. The van der Waals surface area contributed by atoms with Crippen LogP contribution in [0, 0.1) is 5.82 Å². The number of ether oxygens (including phenoxy) is 1. The lowest BCUT2D eigenvalue weighted by molar-refractivity contribution is 0.111. The van der Waals surface area contributed by atoms with Crippen LogP contribution in [0.15, 0.2) is 18.2 Å². The molecule has 0 aliphatic carbocycles. The molecule has 0 amide bonds. The van der Waals surface area contributed by atoms with Crippen LogP contribution in [0.25, 0.3) is 0 Å². The van der Waals surface area contributed by atoms with Gasteiger partial charge in [-0.15, -0.1) is 0 Å². The van der Waals surface area contributed by atoms with Gasteiger partial charge in [0, 0.05) is 11.6 Å². The summed E-state index contributed by atoms with van der Waals surface area (Å²) in [4.78, 5) is 10.5. The second-order valence-electron chi connectivity index (χ2n) is 4.05. The summed E-state index contributed by atoms with van der Waals surface area (Å²) < 4.78 is 18.4. The van der Waals surface area contributed by atoms with Gasteiger partial charge in [-0.2, -0.15) is 0 Å². The maximum atomic E-state index is 13.0. The second kappa shape index (κ2) is 3.78. The molecule has 1 aromatic rings. The quantitative estimate of drug-likeness (QED) is 0.680. The van der Waals surface area contributed by atoms with Gasteiger partial charge >= 0.3 is 0 Å². The monoisotopic (exact) mass is 196 g/mol.